The number of nitrogens with one attached hydrogen (secondary N) is 1. The minimum absolute atomic E-state index is 0.140. The lowest BCUT2D eigenvalue weighted by Gasteiger charge is -2.34. The normalized spacial score (nSPS) is 18.6. The average Bonchev–Trinajstić information content (AvgIpc) is 2.84. The summed E-state index contributed by atoms with van der Waals surface area (Å²) < 4.78 is 27.8. The van der Waals surface area contributed by atoms with Gasteiger partial charge in [-0.3, -0.25) is 9.59 Å². The zero-order valence-corrected chi connectivity index (χ0v) is 22.2. The predicted octanol–water partition coefficient (Wildman–Crippen LogP) is 6.14. The number of sulfonamides is 1. The molecule has 0 spiro atoms. The van der Waals surface area contributed by atoms with Crippen molar-refractivity contribution >= 4 is 50.6 Å². The number of amides is 1. The average molecular weight is 545 g/mol. The fourth-order valence-corrected chi connectivity index (χ4v) is 6.60. The Morgan fingerprint density at radius 3 is 2.17 bits per heavy atom. The first-order valence-electron chi connectivity index (χ1n) is 11.6. The molecular formula is C27H26Cl2N2O4S. The Morgan fingerprint density at radius 2 is 1.53 bits per heavy atom. The molecule has 1 saturated heterocycles. The summed E-state index contributed by atoms with van der Waals surface area (Å²) in [6.07, 6.45) is 0.997. The number of nitrogens with zero attached hydrogens (tertiary/aromatic N) is 1. The number of hydrogen-bond acceptors (Lipinski definition) is 4. The van der Waals surface area contributed by atoms with E-state index in [2.05, 4.69) is 5.32 Å². The zero-order valence-electron chi connectivity index (χ0n) is 19.9. The van der Waals surface area contributed by atoms with E-state index in [0.717, 1.165) is 6.42 Å². The number of hydrogen-bond donors (Lipinski definition) is 1. The Kier molecular flexibility index (Phi) is 7.85. The molecule has 9 heteroatoms. The van der Waals surface area contributed by atoms with E-state index in [9.17, 15) is 18.0 Å². The molecular weight excluding hydrogens is 519 g/mol. The van der Waals surface area contributed by atoms with Crippen molar-refractivity contribution in [1.29, 1.82) is 0 Å². The van der Waals surface area contributed by atoms with Gasteiger partial charge < -0.3 is 5.32 Å². The van der Waals surface area contributed by atoms with Gasteiger partial charge in [0.15, 0.2) is 5.78 Å². The molecule has 0 aliphatic carbocycles. The molecule has 0 aromatic heterocycles. The second-order valence-electron chi connectivity index (χ2n) is 9.25. The topological polar surface area (TPSA) is 83.6 Å². The number of piperidine rings is 1. The van der Waals surface area contributed by atoms with Crippen molar-refractivity contribution in [1.82, 2.24) is 4.31 Å². The highest BCUT2D eigenvalue weighted by Crippen LogP contribution is 2.29. The van der Waals surface area contributed by atoms with E-state index >= 15 is 0 Å². The molecule has 1 N–H and O–H groups in total. The summed E-state index contributed by atoms with van der Waals surface area (Å²) in [5.41, 5.74) is 0.993. The summed E-state index contributed by atoms with van der Waals surface area (Å²) in [4.78, 5) is 26.3. The van der Waals surface area contributed by atoms with Crippen LogP contribution in [0.3, 0.4) is 0 Å². The van der Waals surface area contributed by atoms with Crippen LogP contribution < -0.4 is 5.32 Å². The minimum atomic E-state index is -3.66. The summed E-state index contributed by atoms with van der Waals surface area (Å²) in [6, 6.07) is 17.0. The lowest BCUT2D eigenvalue weighted by Crippen LogP contribution is -2.42. The molecule has 1 aliphatic heterocycles. The molecule has 1 heterocycles. The summed E-state index contributed by atoms with van der Waals surface area (Å²) in [5.74, 6) is -0.300. The third kappa shape index (κ3) is 5.65. The number of benzene rings is 3. The van der Waals surface area contributed by atoms with Crippen LogP contribution in [0.1, 0.15) is 46.5 Å². The quantitative estimate of drug-likeness (QED) is 0.377. The van der Waals surface area contributed by atoms with Crippen LogP contribution in [0.15, 0.2) is 71.6 Å². The molecule has 2 unspecified atom stereocenters. The van der Waals surface area contributed by atoms with Gasteiger partial charge in [0.2, 0.25) is 10.0 Å². The molecule has 0 bridgehead atoms. The van der Waals surface area contributed by atoms with Gasteiger partial charge in [0.1, 0.15) is 0 Å². The first-order chi connectivity index (χ1) is 17.1. The van der Waals surface area contributed by atoms with Crippen LogP contribution in [-0.2, 0) is 10.0 Å². The number of ketones is 1. The molecule has 1 amide bonds. The van der Waals surface area contributed by atoms with Gasteiger partial charge in [-0.15, -0.1) is 0 Å². The fourth-order valence-electron chi connectivity index (χ4n) is 4.53. The smallest absolute Gasteiger partial charge is 0.255 e. The molecule has 4 rings (SSSR count). The summed E-state index contributed by atoms with van der Waals surface area (Å²) in [7, 11) is -3.66. The summed E-state index contributed by atoms with van der Waals surface area (Å²) in [6.45, 7) is 5.06. The maximum atomic E-state index is 13.1. The number of rotatable bonds is 6. The van der Waals surface area contributed by atoms with Crippen LogP contribution in [0.4, 0.5) is 5.69 Å². The van der Waals surface area contributed by atoms with Gasteiger partial charge in [-0.1, -0.05) is 49.2 Å². The number of anilines is 1. The Hall–Kier alpha value is -2.71. The molecule has 0 saturated carbocycles. The summed E-state index contributed by atoms with van der Waals surface area (Å²) in [5, 5.41) is 3.35. The monoisotopic (exact) mass is 544 g/mol. The van der Waals surface area contributed by atoms with Crippen LogP contribution in [0, 0.1) is 11.8 Å². The molecule has 3 aromatic carbocycles. The molecule has 3 aromatic rings. The molecule has 36 heavy (non-hydrogen) atoms. The van der Waals surface area contributed by atoms with Crippen molar-refractivity contribution in [3.05, 3.63) is 93.5 Å². The van der Waals surface area contributed by atoms with E-state index in [1.54, 1.807) is 36.4 Å². The van der Waals surface area contributed by atoms with E-state index in [-0.39, 0.29) is 49.9 Å². The van der Waals surface area contributed by atoms with Gasteiger partial charge in [-0.2, -0.15) is 4.31 Å². The second kappa shape index (κ2) is 10.7. The van der Waals surface area contributed by atoms with Crippen molar-refractivity contribution < 1.29 is 18.0 Å². The largest absolute Gasteiger partial charge is 0.321 e. The van der Waals surface area contributed by atoms with Crippen molar-refractivity contribution in [2.24, 2.45) is 11.8 Å². The Balaban J connectivity index is 1.56. The highest BCUT2D eigenvalue weighted by molar-refractivity contribution is 7.89. The fraction of sp³-hybridized carbons (Fsp3) is 0.259. The molecule has 1 aliphatic rings. The second-order valence-corrected chi connectivity index (χ2v) is 12.0. The molecule has 6 nitrogen and oxygen atoms in total. The van der Waals surface area contributed by atoms with E-state index < -0.39 is 15.9 Å². The first-order valence-corrected chi connectivity index (χ1v) is 13.8. The predicted molar refractivity (Wildman–Crippen MR) is 142 cm³/mol. The van der Waals surface area contributed by atoms with Crippen LogP contribution in [0.5, 0.6) is 0 Å². The highest BCUT2D eigenvalue weighted by Gasteiger charge is 2.31. The van der Waals surface area contributed by atoms with Crippen molar-refractivity contribution in [2.45, 2.75) is 25.2 Å². The van der Waals surface area contributed by atoms with Crippen molar-refractivity contribution in [3.63, 3.8) is 0 Å². The SMILES string of the molecule is CC1CC(C)CN(S(=O)(=O)c2ccc(C(=O)Nc3ccc(Cl)cc3C(=O)c3ccccc3Cl)cc2)C1. The third-order valence-corrected chi connectivity index (χ3v) is 8.59. The standard InChI is InChI=1S/C27H26Cl2N2O4S/c1-17-13-18(2)16-31(15-17)36(34,35)21-10-7-19(8-11-21)27(33)30-25-12-9-20(28)14-23(25)26(32)22-5-3-4-6-24(22)29/h3-12,14,17-18H,13,15-16H2,1-2H3,(H,30,33). The molecule has 1 fully saturated rings. The van der Waals surface area contributed by atoms with Crippen LogP contribution in [0.2, 0.25) is 10.0 Å². The third-order valence-electron chi connectivity index (χ3n) is 6.18. The van der Waals surface area contributed by atoms with Crippen LogP contribution >= 0.6 is 23.2 Å². The minimum Gasteiger partial charge on any atom is -0.321 e. The van der Waals surface area contributed by atoms with Gasteiger partial charge in [0, 0.05) is 34.8 Å². The van der Waals surface area contributed by atoms with Crippen LogP contribution in [0.25, 0.3) is 0 Å². The van der Waals surface area contributed by atoms with Gasteiger partial charge in [0.25, 0.3) is 5.91 Å². The molecule has 2 atom stereocenters. The van der Waals surface area contributed by atoms with Crippen LogP contribution in [-0.4, -0.2) is 37.5 Å². The lowest BCUT2D eigenvalue weighted by molar-refractivity contribution is 0.102. The lowest BCUT2D eigenvalue weighted by atomic mass is 9.94. The van der Waals surface area contributed by atoms with Gasteiger partial charge in [-0.05, 0) is 72.9 Å². The van der Waals surface area contributed by atoms with Crippen molar-refractivity contribution in [3.8, 4) is 0 Å². The number of carbonyl (C=O) groups is 2. The van der Waals surface area contributed by atoms with Gasteiger partial charge in [0.05, 0.1) is 15.6 Å². The number of carbonyl (C=O) groups excluding carboxylic acids is 2. The Labute approximate surface area is 221 Å². The molecule has 188 valence electrons. The van der Waals surface area contributed by atoms with E-state index in [4.69, 9.17) is 23.2 Å². The van der Waals surface area contributed by atoms with E-state index in [1.165, 1.54) is 34.6 Å². The van der Waals surface area contributed by atoms with E-state index in [1.807, 2.05) is 13.8 Å². The Bertz CT molecular complexity index is 1400. The Morgan fingerprint density at radius 1 is 0.889 bits per heavy atom. The summed E-state index contributed by atoms with van der Waals surface area (Å²) >= 11 is 12.3. The van der Waals surface area contributed by atoms with Gasteiger partial charge >= 0.3 is 0 Å². The number of halogens is 2. The van der Waals surface area contributed by atoms with Gasteiger partial charge in [-0.25, -0.2) is 8.42 Å². The maximum Gasteiger partial charge on any atom is 0.255 e. The zero-order chi connectivity index (χ0) is 26.0. The highest BCUT2D eigenvalue weighted by atomic mass is 35.5. The maximum absolute atomic E-state index is 13.1. The van der Waals surface area contributed by atoms with Crippen molar-refractivity contribution in [2.75, 3.05) is 18.4 Å². The molecule has 0 radical (unpaired) electrons. The first kappa shape index (κ1) is 26.4. The van der Waals surface area contributed by atoms with E-state index in [0.29, 0.717) is 18.1 Å².